The average Bonchev–Trinajstić information content (AvgIpc) is 2.77. The van der Waals surface area contributed by atoms with Crippen LogP contribution in [0.1, 0.15) is 56.7 Å². The van der Waals surface area contributed by atoms with Crippen molar-refractivity contribution in [3.05, 3.63) is 64.2 Å². The minimum absolute atomic E-state index is 0.0493. The largest absolute Gasteiger partial charge is 0.352 e. The molecule has 2 aromatic rings. The van der Waals surface area contributed by atoms with Gasteiger partial charge in [-0.25, -0.2) is 8.42 Å². The van der Waals surface area contributed by atoms with E-state index >= 15 is 0 Å². The Kier molecular flexibility index (Phi) is 10.8. The number of rotatable bonds is 12. The summed E-state index contributed by atoms with van der Waals surface area (Å²) in [7, 11) is -3.59. The first-order chi connectivity index (χ1) is 16.8. The number of hydrogen-bond donors (Lipinski definition) is 1. The van der Waals surface area contributed by atoms with Crippen molar-refractivity contribution in [3.63, 3.8) is 0 Å². The third-order valence-corrected chi connectivity index (χ3v) is 7.50. The number of nitrogens with one attached hydrogen (secondary N) is 1. The molecule has 36 heavy (non-hydrogen) atoms. The van der Waals surface area contributed by atoms with Gasteiger partial charge in [-0.1, -0.05) is 54.4 Å². The molecule has 1 atom stereocenters. The zero-order valence-electron chi connectivity index (χ0n) is 22.0. The predicted octanol–water partition coefficient (Wildman–Crippen LogP) is 4.84. The monoisotopic (exact) mass is 535 g/mol. The minimum atomic E-state index is -3.59. The number of sulfonamides is 1. The predicted molar refractivity (Wildman–Crippen MR) is 147 cm³/mol. The molecule has 0 heterocycles. The Morgan fingerprint density at radius 1 is 1.08 bits per heavy atom. The van der Waals surface area contributed by atoms with E-state index < -0.39 is 16.1 Å². The number of aryl methyl sites for hydroxylation is 1. The van der Waals surface area contributed by atoms with Crippen molar-refractivity contribution < 1.29 is 18.0 Å². The second-order valence-electron chi connectivity index (χ2n) is 9.42. The number of nitrogens with zero attached hydrogens (tertiary/aromatic N) is 2. The molecule has 0 spiro atoms. The number of anilines is 1. The summed E-state index contributed by atoms with van der Waals surface area (Å²) in [6, 6.07) is 12.3. The number of halogens is 1. The van der Waals surface area contributed by atoms with Crippen molar-refractivity contribution in [1.82, 2.24) is 10.2 Å². The SMILES string of the molecule is CC[C@@H](C(=O)NC(C)C)N(Cc1cccc(C)c1)C(=O)CCCN(c1cccc(Cl)c1C)S(C)(=O)=O. The van der Waals surface area contributed by atoms with Gasteiger partial charge >= 0.3 is 0 Å². The smallest absolute Gasteiger partial charge is 0.243 e. The zero-order chi connectivity index (χ0) is 27.0. The molecule has 1 N–H and O–H groups in total. The Hall–Kier alpha value is -2.58. The Balaban J connectivity index is 2.25. The molecule has 198 valence electrons. The van der Waals surface area contributed by atoms with E-state index in [4.69, 9.17) is 11.6 Å². The van der Waals surface area contributed by atoms with E-state index in [1.165, 1.54) is 4.31 Å². The molecule has 0 unspecified atom stereocenters. The van der Waals surface area contributed by atoms with E-state index in [2.05, 4.69) is 5.32 Å². The summed E-state index contributed by atoms with van der Waals surface area (Å²) in [6.45, 7) is 9.82. The molecule has 0 aliphatic rings. The molecule has 0 aliphatic heterocycles. The van der Waals surface area contributed by atoms with Crippen molar-refractivity contribution in [3.8, 4) is 0 Å². The molecule has 0 radical (unpaired) electrons. The van der Waals surface area contributed by atoms with Gasteiger partial charge in [0.2, 0.25) is 21.8 Å². The number of carbonyl (C=O) groups is 2. The first kappa shape index (κ1) is 29.6. The summed E-state index contributed by atoms with van der Waals surface area (Å²) < 4.78 is 26.4. The highest BCUT2D eigenvalue weighted by atomic mass is 35.5. The molecule has 0 bridgehead atoms. The van der Waals surface area contributed by atoms with Crippen molar-refractivity contribution in [2.45, 2.75) is 72.5 Å². The van der Waals surface area contributed by atoms with Gasteiger partial charge in [0, 0.05) is 30.6 Å². The molecule has 7 nitrogen and oxygen atoms in total. The molecule has 2 amide bonds. The number of benzene rings is 2. The molecule has 0 aliphatic carbocycles. The van der Waals surface area contributed by atoms with E-state index in [1.54, 1.807) is 30.0 Å². The highest BCUT2D eigenvalue weighted by Gasteiger charge is 2.29. The lowest BCUT2D eigenvalue weighted by Gasteiger charge is -2.32. The maximum absolute atomic E-state index is 13.5. The van der Waals surface area contributed by atoms with Gasteiger partial charge in [-0.3, -0.25) is 13.9 Å². The van der Waals surface area contributed by atoms with Gasteiger partial charge in [0.1, 0.15) is 6.04 Å². The number of carbonyl (C=O) groups excluding carboxylic acids is 2. The van der Waals surface area contributed by atoms with Crippen LogP contribution in [-0.2, 0) is 26.2 Å². The molecule has 2 rings (SSSR count). The molecule has 0 fully saturated rings. The topological polar surface area (TPSA) is 86.8 Å². The maximum atomic E-state index is 13.5. The first-order valence-electron chi connectivity index (χ1n) is 12.2. The second kappa shape index (κ2) is 13.1. The summed E-state index contributed by atoms with van der Waals surface area (Å²) in [6.07, 6.45) is 2.00. The average molecular weight is 536 g/mol. The van der Waals surface area contributed by atoms with Gasteiger partial charge in [0.15, 0.2) is 0 Å². The van der Waals surface area contributed by atoms with Crippen LogP contribution in [0.5, 0.6) is 0 Å². The van der Waals surface area contributed by atoms with Crippen molar-refractivity contribution in [2.24, 2.45) is 0 Å². The van der Waals surface area contributed by atoms with Crippen LogP contribution in [0.15, 0.2) is 42.5 Å². The molecule has 0 saturated heterocycles. The lowest BCUT2D eigenvalue weighted by atomic mass is 10.1. The van der Waals surface area contributed by atoms with Gasteiger partial charge in [-0.15, -0.1) is 0 Å². The Morgan fingerprint density at radius 2 is 1.75 bits per heavy atom. The van der Waals surface area contributed by atoms with Crippen LogP contribution >= 0.6 is 11.6 Å². The summed E-state index contributed by atoms with van der Waals surface area (Å²) in [5.41, 5.74) is 3.16. The third-order valence-electron chi connectivity index (χ3n) is 5.91. The Morgan fingerprint density at radius 3 is 2.33 bits per heavy atom. The molecule has 0 aromatic heterocycles. The fourth-order valence-electron chi connectivity index (χ4n) is 4.16. The summed E-state index contributed by atoms with van der Waals surface area (Å²) in [5, 5.41) is 3.40. The van der Waals surface area contributed by atoms with Crippen LogP contribution in [0.2, 0.25) is 5.02 Å². The van der Waals surface area contributed by atoms with Crippen LogP contribution < -0.4 is 9.62 Å². The lowest BCUT2D eigenvalue weighted by molar-refractivity contribution is -0.141. The molecule has 9 heteroatoms. The summed E-state index contributed by atoms with van der Waals surface area (Å²) >= 11 is 6.22. The van der Waals surface area contributed by atoms with Crippen molar-refractivity contribution >= 4 is 39.1 Å². The highest BCUT2D eigenvalue weighted by molar-refractivity contribution is 7.92. The standard InChI is InChI=1S/C27H38ClN3O4S/c1-7-24(27(33)29-19(2)3)30(18-22-12-8-11-20(4)17-22)26(32)15-10-16-31(36(6,34)35)25-14-9-13-23(28)21(25)5/h8-9,11-14,17,19,24H,7,10,15-16,18H2,1-6H3,(H,29,33)/t24-/m0/s1. The van der Waals surface area contributed by atoms with Crippen LogP contribution in [0.25, 0.3) is 0 Å². The summed E-state index contributed by atoms with van der Waals surface area (Å²) in [4.78, 5) is 28.0. The van der Waals surface area contributed by atoms with Crippen LogP contribution in [0.3, 0.4) is 0 Å². The molecular formula is C27H38ClN3O4S. The van der Waals surface area contributed by atoms with E-state index in [-0.39, 0.29) is 30.8 Å². The quantitative estimate of drug-likeness (QED) is 0.421. The van der Waals surface area contributed by atoms with Gasteiger partial charge in [0.25, 0.3) is 0 Å². The fraction of sp³-hybridized carbons (Fsp3) is 0.481. The van der Waals surface area contributed by atoms with Crippen LogP contribution in [-0.4, -0.2) is 50.0 Å². The van der Waals surface area contributed by atoms with E-state index in [9.17, 15) is 18.0 Å². The molecular weight excluding hydrogens is 498 g/mol. The number of hydrogen-bond acceptors (Lipinski definition) is 4. The number of amides is 2. The van der Waals surface area contributed by atoms with Gasteiger partial charge in [-0.2, -0.15) is 0 Å². The Bertz CT molecular complexity index is 1170. The molecule has 2 aromatic carbocycles. The fourth-order valence-corrected chi connectivity index (χ4v) is 5.34. The van der Waals surface area contributed by atoms with Gasteiger partial charge in [0.05, 0.1) is 11.9 Å². The lowest BCUT2D eigenvalue weighted by Crippen LogP contribution is -2.50. The van der Waals surface area contributed by atoms with E-state index in [0.29, 0.717) is 35.7 Å². The maximum Gasteiger partial charge on any atom is 0.243 e. The van der Waals surface area contributed by atoms with Gasteiger partial charge in [-0.05, 0) is 63.8 Å². The first-order valence-corrected chi connectivity index (χ1v) is 14.5. The van der Waals surface area contributed by atoms with Crippen molar-refractivity contribution in [1.29, 1.82) is 0 Å². The Labute approximate surface area is 220 Å². The van der Waals surface area contributed by atoms with Crippen LogP contribution in [0, 0.1) is 13.8 Å². The van der Waals surface area contributed by atoms with E-state index in [0.717, 1.165) is 17.4 Å². The normalized spacial score (nSPS) is 12.3. The van der Waals surface area contributed by atoms with Crippen LogP contribution in [0.4, 0.5) is 5.69 Å². The van der Waals surface area contributed by atoms with Gasteiger partial charge < -0.3 is 10.2 Å². The van der Waals surface area contributed by atoms with Crippen molar-refractivity contribution in [2.75, 3.05) is 17.1 Å². The highest BCUT2D eigenvalue weighted by Crippen LogP contribution is 2.28. The molecule has 0 saturated carbocycles. The third kappa shape index (κ3) is 8.23. The second-order valence-corrected chi connectivity index (χ2v) is 11.7. The summed E-state index contributed by atoms with van der Waals surface area (Å²) in [5.74, 6) is -0.389. The van der Waals surface area contributed by atoms with E-state index in [1.807, 2.05) is 52.0 Å². The minimum Gasteiger partial charge on any atom is -0.352 e. The zero-order valence-corrected chi connectivity index (χ0v) is 23.6.